The molecule has 1 aromatic heterocycles. The summed E-state index contributed by atoms with van der Waals surface area (Å²) in [4.78, 5) is 8.26. The summed E-state index contributed by atoms with van der Waals surface area (Å²) in [7, 11) is 2.96. The first kappa shape index (κ1) is 15.3. The molecule has 22 heavy (non-hydrogen) atoms. The largest absolute Gasteiger partial charge is 0.346 e. The lowest BCUT2D eigenvalue weighted by atomic mass is 10.1. The third-order valence-corrected chi connectivity index (χ3v) is 6.19. The Morgan fingerprint density at radius 3 is 2.95 bits per heavy atom. The normalized spacial score (nSPS) is 14.5. The number of likely N-dealkylation sites (N-methyl/N-ethyl adjacent to an activating group) is 1. The van der Waals surface area contributed by atoms with Gasteiger partial charge in [-0.1, -0.05) is 49.4 Å². The van der Waals surface area contributed by atoms with Crippen LogP contribution in [0.2, 0.25) is 6.04 Å². The second kappa shape index (κ2) is 6.63. The van der Waals surface area contributed by atoms with Crippen molar-refractivity contribution in [1.82, 2.24) is 0 Å². The van der Waals surface area contributed by atoms with Crippen LogP contribution in [0.3, 0.4) is 0 Å². The van der Waals surface area contributed by atoms with Gasteiger partial charge in [0.1, 0.15) is 0 Å². The highest BCUT2D eigenvalue weighted by Gasteiger charge is 2.20. The van der Waals surface area contributed by atoms with E-state index in [2.05, 4.69) is 61.2 Å². The van der Waals surface area contributed by atoms with Crippen LogP contribution in [0.15, 0.2) is 53.0 Å². The van der Waals surface area contributed by atoms with Crippen LogP contribution < -0.4 is 10.1 Å². The maximum Gasteiger partial charge on any atom is 0.0844 e. The first-order valence-corrected chi connectivity index (χ1v) is 9.67. The molecule has 0 saturated carbocycles. The maximum atomic E-state index is 4.85. The Bertz CT molecular complexity index is 704. The fraction of sp³-hybridized carbons (Fsp3) is 0.278. The minimum Gasteiger partial charge on any atom is -0.346 e. The van der Waals surface area contributed by atoms with Gasteiger partial charge < -0.3 is 4.90 Å². The highest BCUT2D eigenvalue weighted by molar-refractivity contribution is 7.12. The third-order valence-electron chi connectivity index (χ3n) is 3.84. The number of nitrogens with zero attached hydrogens (tertiary/aromatic N) is 2. The van der Waals surface area contributed by atoms with Crippen LogP contribution >= 0.6 is 11.3 Å². The molecule has 0 atom stereocenters. The summed E-state index contributed by atoms with van der Waals surface area (Å²) in [6, 6.07) is 12.3. The second-order valence-electron chi connectivity index (χ2n) is 5.43. The quantitative estimate of drug-likeness (QED) is 0.783. The number of rotatable bonds is 4. The van der Waals surface area contributed by atoms with E-state index in [0.29, 0.717) is 6.54 Å². The summed E-state index contributed by atoms with van der Waals surface area (Å²) in [5, 5.41) is 3.54. The van der Waals surface area contributed by atoms with Gasteiger partial charge in [0.15, 0.2) is 0 Å². The van der Waals surface area contributed by atoms with E-state index in [4.69, 9.17) is 4.99 Å². The van der Waals surface area contributed by atoms with Crippen molar-refractivity contribution in [2.75, 3.05) is 18.5 Å². The van der Waals surface area contributed by atoms with Crippen LogP contribution in [0.5, 0.6) is 0 Å². The zero-order valence-electron chi connectivity index (χ0n) is 13.1. The Labute approximate surface area is 139 Å². The number of fused-ring (bicyclic) bond motifs is 1. The maximum absolute atomic E-state index is 4.85. The monoisotopic (exact) mass is 324 g/mol. The number of aliphatic imine (C=N–C) groups is 1. The minimum atomic E-state index is 0.658. The van der Waals surface area contributed by atoms with Gasteiger partial charge in [-0.25, -0.2) is 0 Å². The first-order valence-electron chi connectivity index (χ1n) is 7.59. The predicted molar refractivity (Wildman–Crippen MR) is 99.3 cm³/mol. The standard InChI is InChI=1S/C18H20N2SSi/c1-4-10-22-14-7-8-16-15(11-14)18(17-6-5-9-21-17)19-12-13(2)20(16)3/h5-9,11H,2,4,10,12H2,1,3H3. The first-order chi connectivity index (χ1) is 10.7. The summed E-state index contributed by atoms with van der Waals surface area (Å²) in [6.07, 6.45) is 1.23. The lowest BCUT2D eigenvalue weighted by Gasteiger charge is -2.21. The number of hydrogen-bond acceptors (Lipinski definition) is 3. The van der Waals surface area contributed by atoms with Crippen molar-refractivity contribution in [2.45, 2.75) is 19.4 Å². The third kappa shape index (κ3) is 2.94. The van der Waals surface area contributed by atoms with E-state index in [9.17, 15) is 0 Å². The number of anilines is 1. The lowest BCUT2D eigenvalue weighted by molar-refractivity contribution is 1.03. The van der Waals surface area contributed by atoms with Gasteiger partial charge in [0.05, 0.1) is 32.3 Å². The van der Waals surface area contributed by atoms with Gasteiger partial charge in [-0.3, -0.25) is 4.99 Å². The van der Waals surface area contributed by atoms with Gasteiger partial charge in [0.25, 0.3) is 0 Å². The molecule has 0 fully saturated rings. The summed E-state index contributed by atoms with van der Waals surface area (Å²) in [6.45, 7) is 7.07. The van der Waals surface area contributed by atoms with Crippen molar-refractivity contribution < 1.29 is 0 Å². The highest BCUT2D eigenvalue weighted by Crippen LogP contribution is 2.29. The van der Waals surface area contributed by atoms with Crippen LogP contribution in [0, 0.1) is 0 Å². The zero-order valence-corrected chi connectivity index (χ0v) is 14.9. The molecule has 3 rings (SSSR count). The van der Waals surface area contributed by atoms with E-state index in [-0.39, 0.29) is 0 Å². The Balaban J connectivity index is 2.10. The second-order valence-corrected chi connectivity index (χ2v) is 7.80. The number of thiophene rings is 1. The van der Waals surface area contributed by atoms with E-state index in [1.165, 1.54) is 33.8 Å². The molecule has 4 heteroatoms. The van der Waals surface area contributed by atoms with Gasteiger partial charge >= 0.3 is 0 Å². The average molecular weight is 325 g/mol. The Hall–Kier alpha value is -1.65. The van der Waals surface area contributed by atoms with Crippen LogP contribution in [-0.2, 0) is 0 Å². The fourth-order valence-corrected chi connectivity index (χ4v) is 4.29. The van der Waals surface area contributed by atoms with Crippen molar-refractivity contribution in [1.29, 1.82) is 0 Å². The molecular formula is C18H20N2SSi. The zero-order chi connectivity index (χ0) is 15.5. The Morgan fingerprint density at radius 2 is 2.23 bits per heavy atom. The van der Waals surface area contributed by atoms with Gasteiger partial charge in [0, 0.05) is 18.3 Å². The van der Waals surface area contributed by atoms with E-state index >= 15 is 0 Å². The molecule has 2 heterocycles. The molecule has 0 unspecified atom stereocenters. The minimum absolute atomic E-state index is 0.658. The molecule has 1 aliphatic heterocycles. The lowest BCUT2D eigenvalue weighted by Crippen LogP contribution is -2.21. The molecule has 112 valence electrons. The summed E-state index contributed by atoms with van der Waals surface area (Å²) in [5.41, 5.74) is 4.60. The van der Waals surface area contributed by atoms with Crippen molar-refractivity contribution in [3.63, 3.8) is 0 Å². The topological polar surface area (TPSA) is 15.6 Å². The fourth-order valence-electron chi connectivity index (χ4n) is 2.55. The smallest absolute Gasteiger partial charge is 0.0844 e. The molecule has 0 N–H and O–H groups in total. The SMILES string of the molecule is C=C1CN=C(c2cccs2)c2cc([Si]CCC)ccc2N1C. The van der Waals surface area contributed by atoms with E-state index < -0.39 is 0 Å². The van der Waals surface area contributed by atoms with Crippen LogP contribution in [0.4, 0.5) is 5.69 Å². The van der Waals surface area contributed by atoms with E-state index in [0.717, 1.165) is 20.9 Å². The number of hydrogen-bond donors (Lipinski definition) is 0. The Kier molecular flexibility index (Phi) is 4.59. The molecule has 1 aliphatic rings. The van der Waals surface area contributed by atoms with Gasteiger partial charge in [-0.05, 0) is 17.5 Å². The molecular weight excluding hydrogens is 304 g/mol. The van der Waals surface area contributed by atoms with Crippen molar-refractivity contribution in [3.05, 3.63) is 58.4 Å². The average Bonchev–Trinajstić information content (AvgIpc) is 3.03. The van der Waals surface area contributed by atoms with E-state index in [1.807, 2.05) is 0 Å². The van der Waals surface area contributed by atoms with Crippen molar-refractivity contribution >= 4 is 37.4 Å². The van der Waals surface area contributed by atoms with Crippen LogP contribution in [0.1, 0.15) is 23.8 Å². The summed E-state index contributed by atoms with van der Waals surface area (Å²) >= 11 is 1.75. The molecule has 1 aromatic carbocycles. The van der Waals surface area contributed by atoms with Gasteiger partial charge in [-0.15, -0.1) is 11.3 Å². The predicted octanol–water partition coefficient (Wildman–Crippen LogP) is 3.71. The van der Waals surface area contributed by atoms with Gasteiger partial charge in [0.2, 0.25) is 0 Å². The van der Waals surface area contributed by atoms with E-state index in [1.54, 1.807) is 11.3 Å². The van der Waals surface area contributed by atoms with Crippen molar-refractivity contribution in [3.8, 4) is 0 Å². The molecule has 0 spiro atoms. The number of benzodiazepines with no additional fused rings is 1. The molecule has 0 saturated heterocycles. The highest BCUT2D eigenvalue weighted by atomic mass is 32.1. The van der Waals surface area contributed by atoms with Gasteiger partial charge in [-0.2, -0.15) is 0 Å². The molecule has 0 bridgehead atoms. The molecule has 2 radical (unpaired) electrons. The van der Waals surface area contributed by atoms with Crippen LogP contribution in [-0.4, -0.2) is 28.8 Å². The van der Waals surface area contributed by atoms with Crippen LogP contribution in [0.25, 0.3) is 0 Å². The summed E-state index contributed by atoms with van der Waals surface area (Å²) < 4.78 is 0. The summed E-state index contributed by atoms with van der Waals surface area (Å²) in [5.74, 6) is 0. The number of benzene rings is 1. The molecule has 2 nitrogen and oxygen atoms in total. The molecule has 0 amide bonds. The van der Waals surface area contributed by atoms with Crippen molar-refractivity contribution in [2.24, 2.45) is 4.99 Å². The Morgan fingerprint density at radius 1 is 1.36 bits per heavy atom. The molecule has 2 aromatic rings. The molecule has 0 aliphatic carbocycles.